The topological polar surface area (TPSA) is 89.7 Å². The number of nitrogens with two attached hydrogens (primary N) is 1. The Labute approximate surface area is 93.7 Å². The van der Waals surface area contributed by atoms with Gasteiger partial charge in [0.05, 0.1) is 6.61 Å². The van der Waals surface area contributed by atoms with E-state index in [1.54, 1.807) is 6.92 Å². The van der Waals surface area contributed by atoms with Crippen molar-refractivity contribution in [3.05, 3.63) is 0 Å². The highest BCUT2D eigenvalue weighted by molar-refractivity contribution is 6.01. The fourth-order valence-corrected chi connectivity index (χ4v) is 1.51. The van der Waals surface area contributed by atoms with Crippen molar-refractivity contribution in [1.29, 1.82) is 0 Å². The van der Waals surface area contributed by atoms with E-state index in [0.717, 1.165) is 4.90 Å². The lowest BCUT2D eigenvalue weighted by atomic mass is 10.2. The number of amides is 2. The Hall–Kier alpha value is -1.43. The Kier molecular flexibility index (Phi) is 4.42. The predicted octanol–water partition coefficient (Wildman–Crippen LogP) is -0.584. The van der Waals surface area contributed by atoms with Crippen LogP contribution in [0.25, 0.3) is 0 Å². The minimum atomic E-state index is -0.777. The number of likely N-dealkylation sites (tertiary alicyclic amines) is 1. The van der Waals surface area contributed by atoms with E-state index < -0.39 is 12.0 Å². The number of nitrogens with zero attached hydrogens (tertiary/aromatic N) is 1. The van der Waals surface area contributed by atoms with Crippen LogP contribution in [-0.2, 0) is 19.1 Å². The second-order valence-corrected chi connectivity index (χ2v) is 3.59. The highest BCUT2D eigenvalue weighted by Crippen LogP contribution is 2.12. The van der Waals surface area contributed by atoms with Crippen molar-refractivity contribution in [2.75, 3.05) is 13.2 Å². The van der Waals surface area contributed by atoms with Crippen LogP contribution < -0.4 is 5.73 Å². The summed E-state index contributed by atoms with van der Waals surface area (Å²) in [4.78, 5) is 34.8. The molecule has 1 aliphatic rings. The highest BCUT2D eigenvalue weighted by Gasteiger charge is 2.29. The number of carbonyl (C=O) groups excluding carboxylic acids is 3. The van der Waals surface area contributed by atoms with Gasteiger partial charge in [0, 0.05) is 19.4 Å². The monoisotopic (exact) mass is 228 g/mol. The summed E-state index contributed by atoms with van der Waals surface area (Å²) in [5.41, 5.74) is 5.55. The second-order valence-electron chi connectivity index (χ2n) is 3.59. The van der Waals surface area contributed by atoms with Gasteiger partial charge in [-0.15, -0.1) is 0 Å². The van der Waals surface area contributed by atoms with Gasteiger partial charge in [-0.25, -0.2) is 0 Å². The SMILES string of the molecule is CCOC(=O)C(N)CCN1C(=O)CCC1=O. The quantitative estimate of drug-likeness (QED) is 0.502. The average molecular weight is 228 g/mol. The fraction of sp³-hybridized carbons (Fsp3) is 0.700. The van der Waals surface area contributed by atoms with Crippen LogP contribution in [0.3, 0.4) is 0 Å². The molecule has 0 bridgehead atoms. The van der Waals surface area contributed by atoms with E-state index in [2.05, 4.69) is 0 Å². The molecule has 0 radical (unpaired) electrons. The maximum atomic E-state index is 11.2. The van der Waals surface area contributed by atoms with Crippen LogP contribution in [0, 0.1) is 0 Å². The third kappa shape index (κ3) is 3.03. The van der Waals surface area contributed by atoms with Gasteiger partial charge in [0.2, 0.25) is 11.8 Å². The molecule has 16 heavy (non-hydrogen) atoms. The van der Waals surface area contributed by atoms with Gasteiger partial charge in [-0.3, -0.25) is 19.3 Å². The Bertz CT molecular complexity index is 287. The van der Waals surface area contributed by atoms with Crippen LogP contribution >= 0.6 is 0 Å². The van der Waals surface area contributed by atoms with E-state index in [9.17, 15) is 14.4 Å². The minimum Gasteiger partial charge on any atom is -0.465 e. The van der Waals surface area contributed by atoms with E-state index in [1.165, 1.54) is 0 Å². The summed E-state index contributed by atoms with van der Waals surface area (Å²) in [6.07, 6.45) is 0.761. The van der Waals surface area contributed by atoms with E-state index in [0.29, 0.717) is 0 Å². The molecule has 2 N–H and O–H groups in total. The van der Waals surface area contributed by atoms with E-state index >= 15 is 0 Å². The molecule has 1 fully saturated rings. The normalized spacial score (nSPS) is 17.8. The number of carbonyl (C=O) groups is 3. The number of imide groups is 1. The van der Waals surface area contributed by atoms with E-state index in [-0.39, 0.29) is 44.2 Å². The zero-order chi connectivity index (χ0) is 12.1. The molecule has 2 amide bonds. The summed E-state index contributed by atoms with van der Waals surface area (Å²) in [5, 5.41) is 0. The first kappa shape index (κ1) is 12.6. The molecule has 0 aromatic carbocycles. The van der Waals surface area contributed by atoms with Crippen LogP contribution in [0.5, 0.6) is 0 Å². The standard InChI is InChI=1S/C10H16N2O4/c1-2-16-10(15)7(11)5-6-12-8(13)3-4-9(12)14/h7H,2-6,11H2,1H3. The van der Waals surface area contributed by atoms with Crippen LogP contribution in [0.15, 0.2) is 0 Å². The summed E-state index contributed by atoms with van der Waals surface area (Å²) in [5.74, 6) is -0.885. The number of rotatable bonds is 5. The first-order valence-corrected chi connectivity index (χ1v) is 5.31. The van der Waals surface area contributed by atoms with Gasteiger partial charge < -0.3 is 10.5 Å². The molecule has 1 aliphatic heterocycles. The Morgan fingerprint density at radius 2 is 2.00 bits per heavy atom. The zero-order valence-corrected chi connectivity index (χ0v) is 9.27. The van der Waals surface area contributed by atoms with E-state index in [1.807, 2.05) is 0 Å². The number of esters is 1. The smallest absolute Gasteiger partial charge is 0.322 e. The van der Waals surface area contributed by atoms with Crippen molar-refractivity contribution in [2.24, 2.45) is 5.73 Å². The van der Waals surface area contributed by atoms with Gasteiger partial charge >= 0.3 is 5.97 Å². The molecule has 1 atom stereocenters. The molecule has 0 aromatic rings. The first-order chi connectivity index (χ1) is 7.56. The second kappa shape index (κ2) is 5.60. The summed E-state index contributed by atoms with van der Waals surface area (Å²) in [6, 6.07) is -0.777. The van der Waals surface area contributed by atoms with Crippen molar-refractivity contribution in [2.45, 2.75) is 32.2 Å². The molecule has 1 heterocycles. The molecule has 0 aromatic heterocycles. The molecular weight excluding hydrogens is 212 g/mol. The molecule has 6 heteroatoms. The van der Waals surface area contributed by atoms with Crippen molar-refractivity contribution in [3.8, 4) is 0 Å². The minimum absolute atomic E-state index is 0.192. The number of hydrogen-bond acceptors (Lipinski definition) is 5. The Morgan fingerprint density at radius 1 is 1.44 bits per heavy atom. The van der Waals surface area contributed by atoms with Gasteiger partial charge in [0.25, 0.3) is 0 Å². The molecule has 0 aliphatic carbocycles. The van der Waals surface area contributed by atoms with Crippen molar-refractivity contribution < 1.29 is 19.1 Å². The predicted molar refractivity (Wildman–Crippen MR) is 55.2 cm³/mol. The van der Waals surface area contributed by atoms with Gasteiger partial charge in [-0.2, -0.15) is 0 Å². The van der Waals surface area contributed by atoms with Crippen molar-refractivity contribution >= 4 is 17.8 Å². The molecule has 1 unspecified atom stereocenters. The molecule has 6 nitrogen and oxygen atoms in total. The Morgan fingerprint density at radius 3 is 2.50 bits per heavy atom. The lowest BCUT2D eigenvalue weighted by Gasteiger charge is -2.16. The molecule has 0 saturated carbocycles. The maximum absolute atomic E-state index is 11.2. The fourth-order valence-electron chi connectivity index (χ4n) is 1.51. The third-order valence-electron chi connectivity index (χ3n) is 2.41. The summed E-state index contributed by atoms with van der Waals surface area (Å²) in [6.45, 7) is 2.16. The van der Waals surface area contributed by atoms with Crippen molar-refractivity contribution in [1.82, 2.24) is 4.90 Å². The molecule has 1 saturated heterocycles. The van der Waals surface area contributed by atoms with Crippen LogP contribution in [0.2, 0.25) is 0 Å². The highest BCUT2D eigenvalue weighted by atomic mass is 16.5. The van der Waals surface area contributed by atoms with Crippen LogP contribution in [-0.4, -0.2) is 41.9 Å². The summed E-state index contributed by atoms with van der Waals surface area (Å²) < 4.78 is 4.72. The molecular formula is C10H16N2O4. The van der Waals surface area contributed by atoms with Gasteiger partial charge in [-0.1, -0.05) is 0 Å². The zero-order valence-electron chi connectivity index (χ0n) is 9.27. The van der Waals surface area contributed by atoms with E-state index in [4.69, 9.17) is 10.5 Å². The van der Waals surface area contributed by atoms with Crippen molar-refractivity contribution in [3.63, 3.8) is 0 Å². The van der Waals surface area contributed by atoms with Crippen LogP contribution in [0.4, 0.5) is 0 Å². The summed E-state index contributed by atoms with van der Waals surface area (Å²) >= 11 is 0. The number of hydrogen-bond donors (Lipinski definition) is 1. The van der Waals surface area contributed by atoms with Gasteiger partial charge in [0.1, 0.15) is 6.04 Å². The maximum Gasteiger partial charge on any atom is 0.322 e. The molecule has 90 valence electrons. The largest absolute Gasteiger partial charge is 0.465 e. The first-order valence-electron chi connectivity index (χ1n) is 5.31. The summed E-state index contributed by atoms with van der Waals surface area (Å²) in [7, 11) is 0. The molecule has 1 rings (SSSR count). The molecule has 0 spiro atoms. The van der Waals surface area contributed by atoms with Crippen LogP contribution in [0.1, 0.15) is 26.2 Å². The van der Waals surface area contributed by atoms with Gasteiger partial charge in [0.15, 0.2) is 0 Å². The lowest BCUT2D eigenvalue weighted by Crippen LogP contribution is -2.38. The van der Waals surface area contributed by atoms with Gasteiger partial charge in [-0.05, 0) is 13.3 Å². The number of ether oxygens (including phenoxy) is 1. The Balaban J connectivity index is 2.36. The lowest BCUT2D eigenvalue weighted by molar-refractivity contribution is -0.146. The average Bonchev–Trinajstić information content (AvgIpc) is 2.56. The third-order valence-corrected chi connectivity index (χ3v) is 2.41.